The van der Waals surface area contributed by atoms with Crippen molar-refractivity contribution in [1.29, 1.82) is 0 Å². The fraction of sp³-hybridized carbons (Fsp3) is 0.438. The van der Waals surface area contributed by atoms with Crippen molar-refractivity contribution in [2.45, 2.75) is 19.4 Å². The first-order valence-electron chi connectivity index (χ1n) is 7.66. The number of fused-ring (bicyclic) bond motifs is 1. The van der Waals surface area contributed by atoms with Gasteiger partial charge < -0.3 is 14.8 Å². The fourth-order valence-electron chi connectivity index (χ4n) is 2.67. The smallest absolute Gasteiger partial charge is 0.226 e. The standard InChI is InChI=1S/C16H20N4O3/c1-22-14-5-2-4-12-8-13(9-23-15(12)14)16(21)18-6-3-7-20-11-17-10-19-20/h2,4-5,10-11,13H,3,6-9H2,1H3,(H,18,21)/t13-/m1/s1. The predicted octanol–water partition coefficient (Wildman–Crippen LogP) is 1.04. The quantitative estimate of drug-likeness (QED) is 0.806. The average Bonchev–Trinajstić information content (AvgIpc) is 3.10. The number of carbonyl (C=O) groups excluding carboxylic acids is 1. The van der Waals surface area contributed by atoms with Crippen molar-refractivity contribution in [2.75, 3.05) is 20.3 Å². The van der Waals surface area contributed by atoms with E-state index in [0.29, 0.717) is 25.3 Å². The summed E-state index contributed by atoms with van der Waals surface area (Å²) in [4.78, 5) is 16.1. The number of benzene rings is 1. The monoisotopic (exact) mass is 316 g/mol. The highest BCUT2D eigenvalue weighted by Crippen LogP contribution is 2.35. The summed E-state index contributed by atoms with van der Waals surface area (Å²) in [6, 6.07) is 5.75. The van der Waals surface area contributed by atoms with Gasteiger partial charge in [0.1, 0.15) is 19.3 Å². The zero-order chi connectivity index (χ0) is 16.1. The van der Waals surface area contributed by atoms with Crippen molar-refractivity contribution in [1.82, 2.24) is 20.1 Å². The van der Waals surface area contributed by atoms with Crippen molar-refractivity contribution in [2.24, 2.45) is 5.92 Å². The van der Waals surface area contributed by atoms with E-state index in [1.165, 1.54) is 6.33 Å². The normalized spacial score (nSPS) is 16.3. The van der Waals surface area contributed by atoms with Gasteiger partial charge in [-0.3, -0.25) is 9.48 Å². The first-order chi connectivity index (χ1) is 11.3. The lowest BCUT2D eigenvalue weighted by atomic mass is 9.95. The van der Waals surface area contributed by atoms with Crippen molar-refractivity contribution in [3.05, 3.63) is 36.4 Å². The molecule has 1 aliphatic heterocycles. The van der Waals surface area contributed by atoms with Crippen LogP contribution in [0.15, 0.2) is 30.9 Å². The van der Waals surface area contributed by atoms with Crippen LogP contribution >= 0.6 is 0 Å². The van der Waals surface area contributed by atoms with Crippen LogP contribution in [0.4, 0.5) is 0 Å². The number of amides is 1. The molecule has 1 N–H and O–H groups in total. The molecule has 0 unspecified atom stereocenters. The Labute approximate surface area is 134 Å². The van der Waals surface area contributed by atoms with E-state index in [1.54, 1.807) is 18.1 Å². The van der Waals surface area contributed by atoms with E-state index in [0.717, 1.165) is 24.3 Å². The van der Waals surface area contributed by atoms with E-state index in [4.69, 9.17) is 9.47 Å². The lowest BCUT2D eigenvalue weighted by Gasteiger charge is -2.25. The van der Waals surface area contributed by atoms with Crippen LogP contribution < -0.4 is 14.8 Å². The number of aryl methyl sites for hydroxylation is 1. The maximum atomic E-state index is 12.3. The van der Waals surface area contributed by atoms with E-state index in [-0.39, 0.29) is 11.8 Å². The molecule has 2 aromatic rings. The van der Waals surface area contributed by atoms with Gasteiger partial charge in [0, 0.05) is 13.1 Å². The molecule has 0 aliphatic carbocycles. The molecule has 0 spiro atoms. The van der Waals surface area contributed by atoms with Crippen LogP contribution in [0.25, 0.3) is 0 Å². The summed E-state index contributed by atoms with van der Waals surface area (Å²) < 4.78 is 12.8. The minimum Gasteiger partial charge on any atom is -0.493 e. The number of hydrogen-bond donors (Lipinski definition) is 1. The molecule has 1 atom stereocenters. The molecule has 0 saturated carbocycles. The third-order valence-corrected chi connectivity index (χ3v) is 3.88. The van der Waals surface area contributed by atoms with Gasteiger partial charge >= 0.3 is 0 Å². The summed E-state index contributed by atoms with van der Waals surface area (Å²) in [5, 5.41) is 6.99. The number of nitrogens with one attached hydrogen (secondary N) is 1. The van der Waals surface area contributed by atoms with Gasteiger partial charge in [-0.05, 0) is 24.5 Å². The third kappa shape index (κ3) is 3.61. The Bertz CT molecular complexity index is 657. The zero-order valence-electron chi connectivity index (χ0n) is 13.1. The molecule has 2 heterocycles. The summed E-state index contributed by atoms with van der Waals surface area (Å²) in [6.07, 6.45) is 4.65. The van der Waals surface area contributed by atoms with E-state index in [2.05, 4.69) is 15.4 Å². The molecule has 23 heavy (non-hydrogen) atoms. The minimum atomic E-state index is -0.166. The van der Waals surface area contributed by atoms with Crippen molar-refractivity contribution >= 4 is 5.91 Å². The number of ether oxygens (including phenoxy) is 2. The molecular weight excluding hydrogens is 296 g/mol. The maximum Gasteiger partial charge on any atom is 0.226 e. The van der Waals surface area contributed by atoms with Crippen LogP contribution in [-0.2, 0) is 17.8 Å². The highest BCUT2D eigenvalue weighted by atomic mass is 16.5. The molecule has 0 fully saturated rings. The van der Waals surface area contributed by atoms with Crippen LogP contribution in [0, 0.1) is 5.92 Å². The lowest BCUT2D eigenvalue weighted by Crippen LogP contribution is -2.38. The Hall–Kier alpha value is -2.57. The molecule has 0 radical (unpaired) electrons. The molecule has 1 aromatic heterocycles. The molecular formula is C16H20N4O3. The summed E-state index contributed by atoms with van der Waals surface area (Å²) in [6.45, 7) is 1.73. The lowest BCUT2D eigenvalue weighted by molar-refractivity contribution is -0.126. The highest BCUT2D eigenvalue weighted by molar-refractivity contribution is 5.79. The van der Waals surface area contributed by atoms with Crippen LogP contribution in [-0.4, -0.2) is 40.9 Å². The van der Waals surface area contributed by atoms with Crippen LogP contribution in [0.3, 0.4) is 0 Å². The second-order valence-corrected chi connectivity index (χ2v) is 5.46. The minimum absolute atomic E-state index is 0.0251. The SMILES string of the molecule is COc1cccc2c1OC[C@H](C(=O)NCCCn1cncn1)C2. The summed E-state index contributed by atoms with van der Waals surface area (Å²) in [5.41, 5.74) is 1.01. The predicted molar refractivity (Wildman–Crippen MR) is 83.3 cm³/mol. The number of aromatic nitrogens is 3. The number of rotatable bonds is 6. The van der Waals surface area contributed by atoms with Gasteiger partial charge in [-0.2, -0.15) is 5.10 Å². The number of carbonyl (C=O) groups is 1. The Morgan fingerprint density at radius 1 is 1.52 bits per heavy atom. The van der Waals surface area contributed by atoms with Gasteiger partial charge in [0.15, 0.2) is 11.5 Å². The van der Waals surface area contributed by atoms with E-state index in [9.17, 15) is 4.79 Å². The van der Waals surface area contributed by atoms with Gasteiger partial charge in [-0.15, -0.1) is 0 Å². The average molecular weight is 316 g/mol. The third-order valence-electron chi connectivity index (χ3n) is 3.88. The van der Waals surface area contributed by atoms with Gasteiger partial charge in [-0.25, -0.2) is 4.98 Å². The molecule has 7 heteroatoms. The Morgan fingerprint density at radius 2 is 2.43 bits per heavy atom. The Kier molecular flexibility index (Phi) is 4.75. The summed E-state index contributed by atoms with van der Waals surface area (Å²) in [5.74, 6) is 1.33. The van der Waals surface area contributed by atoms with Gasteiger partial charge in [0.25, 0.3) is 0 Å². The second kappa shape index (κ2) is 7.13. The van der Waals surface area contributed by atoms with Gasteiger partial charge in [0.2, 0.25) is 5.91 Å². The van der Waals surface area contributed by atoms with Crippen LogP contribution in [0.5, 0.6) is 11.5 Å². The highest BCUT2D eigenvalue weighted by Gasteiger charge is 2.27. The van der Waals surface area contributed by atoms with E-state index < -0.39 is 0 Å². The summed E-state index contributed by atoms with van der Waals surface area (Å²) >= 11 is 0. The molecule has 1 aliphatic rings. The Morgan fingerprint density at radius 3 is 3.22 bits per heavy atom. The number of nitrogens with zero attached hydrogens (tertiary/aromatic N) is 3. The van der Waals surface area contributed by atoms with Crippen LogP contribution in [0.2, 0.25) is 0 Å². The van der Waals surface area contributed by atoms with Crippen molar-refractivity contribution < 1.29 is 14.3 Å². The topological polar surface area (TPSA) is 78.3 Å². The van der Waals surface area contributed by atoms with Gasteiger partial charge in [0.05, 0.1) is 13.0 Å². The molecule has 7 nitrogen and oxygen atoms in total. The van der Waals surface area contributed by atoms with Crippen LogP contribution in [0.1, 0.15) is 12.0 Å². The molecule has 1 aromatic carbocycles. The second-order valence-electron chi connectivity index (χ2n) is 5.46. The summed E-state index contributed by atoms with van der Waals surface area (Å²) in [7, 11) is 1.62. The molecule has 3 rings (SSSR count). The Balaban J connectivity index is 1.49. The molecule has 122 valence electrons. The largest absolute Gasteiger partial charge is 0.493 e. The molecule has 0 bridgehead atoms. The molecule has 0 saturated heterocycles. The number of para-hydroxylation sites is 1. The van der Waals surface area contributed by atoms with E-state index >= 15 is 0 Å². The maximum absolute atomic E-state index is 12.3. The van der Waals surface area contributed by atoms with Crippen molar-refractivity contribution in [3.63, 3.8) is 0 Å². The number of methoxy groups -OCH3 is 1. The first-order valence-corrected chi connectivity index (χ1v) is 7.66. The van der Waals surface area contributed by atoms with E-state index in [1.807, 2.05) is 18.2 Å². The van der Waals surface area contributed by atoms with Crippen molar-refractivity contribution in [3.8, 4) is 11.5 Å². The first kappa shape index (κ1) is 15.3. The van der Waals surface area contributed by atoms with Gasteiger partial charge in [-0.1, -0.05) is 12.1 Å². The molecule has 1 amide bonds. The number of hydrogen-bond acceptors (Lipinski definition) is 5. The zero-order valence-corrected chi connectivity index (χ0v) is 13.1. The fourth-order valence-corrected chi connectivity index (χ4v) is 2.67.